The van der Waals surface area contributed by atoms with Gasteiger partial charge >= 0.3 is 0 Å². The van der Waals surface area contributed by atoms with Crippen molar-refractivity contribution in [3.8, 4) is 0 Å². The van der Waals surface area contributed by atoms with Gasteiger partial charge in [-0.05, 0) is 29.9 Å². The molecule has 2 N–H and O–H groups in total. The molecule has 2 rings (SSSR count). The smallest absolute Gasteiger partial charge is 0.218 e. The molecule has 4 nitrogen and oxygen atoms in total. The van der Waals surface area contributed by atoms with Gasteiger partial charge in [0.15, 0.2) is 0 Å². The maximum Gasteiger partial charge on any atom is 0.218 e. The van der Waals surface area contributed by atoms with Crippen LogP contribution in [-0.4, -0.2) is 25.8 Å². The fourth-order valence-electron chi connectivity index (χ4n) is 2.55. The van der Waals surface area contributed by atoms with Crippen LogP contribution in [-0.2, 0) is 22.3 Å². The molecular weight excluding hydrogens is 272 g/mol. The summed E-state index contributed by atoms with van der Waals surface area (Å²) >= 11 is 0. The van der Waals surface area contributed by atoms with Crippen molar-refractivity contribution in [1.82, 2.24) is 4.31 Å². The van der Waals surface area contributed by atoms with E-state index in [1.807, 2.05) is 31.2 Å². The molecule has 112 valence electrons. The second-order valence-corrected chi connectivity index (χ2v) is 7.50. The molecule has 1 aromatic rings. The van der Waals surface area contributed by atoms with Crippen molar-refractivity contribution in [3.05, 3.63) is 35.4 Å². The van der Waals surface area contributed by atoms with Crippen molar-refractivity contribution >= 4 is 10.0 Å². The van der Waals surface area contributed by atoms with Crippen LogP contribution in [0.4, 0.5) is 0 Å². The minimum atomic E-state index is -3.23. The minimum Gasteiger partial charge on any atom is -0.326 e. The third-order valence-electron chi connectivity index (χ3n) is 4.01. The number of nitrogens with zero attached hydrogens (tertiary/aromatic N) is 1. The summed E-state index contributed by atoms with van der Waals surface area (Å²) in [5, 5.41) is 0. The molecule has 0 aromatic heterocycles. The van der Waals surface area contributed by atoms with E-state index >= 15 is 0 Å². The maximum atomic E-state index is 12.5. The van der Waals surface area contributed by atoms with Gasteiger partial charge in [-0.25, -0.2) is 12.7 Å². The fraction of sp³-hybridized carbons (Fsp3) is 0.600. The average molecular weight is 296 g/mol. The lowest BCUT2D eigenvalue weighted by atomic mass is 9.85. The van der Waals surface area contributed by atoms with Gasteiger partial charge in [0.2, 0.25) is 10.0 Å². The highest BCUT2D eigenvalue weighted by atomic mass is 32.2. The molecule has 1 aliphatic carbocycles. The van der Waals surface area contributed by atoms with E-state index in [2.05, 4.69) is 0 Å². The van der Waals surface area contributed by atoms with Gasteiger partial charge in [0.05, 0.1) is 5.75 Å². The fourth-order valence-corrected chi connectivity index (χ4v) is 4.17. The Hall–Kier alpha value is -0.910. The van der Waals surface area contributed by atoms with Crippen molar-refractivity contribution in [1.29, 1.82) is 0 Å². The van der Waals surface area contributed by atoms with Crippen LogP contribution >= 0.6 is 0 Å². The first-order valence-electron chi connectivity index (χ1n) is 7.31. The molecule has 0 amide bonds. The monoisotopic (exact) mass is 296 g/mol. The zero-order chi connectivity index (χ0) is 14.6. The molecule has 1 saturated carbocycles. The van der Waals surface area contributed by atoms with Crippen molar-refractivity contribution in [2.45, 2.75) is 38.5 Å². The Balaban J connectivity index is 2.07. The Bertz CT molecular complexity index is 539. The molecule has 0 aliphatic heterocycles. The predicted octanol–water partition coefficient (Wildman–Crippen LogP) is 2.10. The molecule has 20 heavy (non-hydrogen) atoms. The van der Waals surface area contributed by atoms with Gasteiger partial charge in [0, 0.05) is 19.6 Å². The third-order valence-corrected chi connectivity index (χ3v) is 5.90. The molecule has 0 heterocycles. The van der Waals surface area contributed by atoms with E-state index in [9.17, 15) is 8.42 Å². The summed E-state index contributed by atoms with van der Waals surface area (Å²) < 4.78 is 26.6. The Morgan fingerprint density at radius 3 is 2.55 bits per heavy atom. The Kier molecular flexibility index (Phi) is 5.18. The van der Waals surface area contributed by atoms with Crippen LogP contribution in [0.1, 0.15) is 37.3 Å². The van der Waals surface area contributed by atoms with E-state index in [-0.39, 0.29) is 5.75 Å². The van der Waals surface area contributed by atoms with Crippen molar-refractivity contribution < 1.29 is 8.42 Å². The first kappa shape index (κ1) is 15.5. The van der Waals surface area contributed by atoms with E-state index < -0.39 is 10.0 Å². The molecule has 5 heteroatoms. The van der Waals surface area contributed by atoms with Crippen LogP contribution in [0, 0.1) is 5.92 Å². The van der Waals surface area contributed by atoms with Crippen molar-refractivity contribution in [3.63, 3.8) is 0 Å². The Labute approximate surface area is 122 Å². The molecule has 0 bridgehead atoms. The normalized spacial score (nSPS) is 16.4. The summed E-state index contributed by atoms with van der Waals surface area (Å²) in [6.07, 6.45) is 3.56. The van der Waals surface area contributed by atoms with Gasteiger partial charge < -0.3 is 5.73 Å². The molecule has 0 radical (unpaired) electrons. The highest BCUT2D eigenvalue weighted by Crippen LogP contribution is 2.28. The number of nitrogens with two attached hydrogens (primary N) is 1. The molecule has 0 atom stereocenters. The largest absolute Gasteiger partial charge is 0.326 e. The van der Waals surface area contributed by atoms with E-state index in [1.165, 1.54) is 6.42 Å². The molecule has 1 fully saturated rings. The minimum absolute atomic E-state index is 0.0708. The van der Waals surface area contributed by atoms with Crippen LogP contribution in [0.2, 0.25) is 0 Å². The zero-order valence-electron chi connectivity index (χ0n) is 12.1. The van der Waals surface area contributed by atoms with Crippen LogP contribution in [0.15, 0.2) is 24.3 Å². The lowest BCUT2D eigenvalue weighted by Gasteiger charge is -2.31. The highest BCUT2D eigenvalue weighted by molar-refractivity contribution is 7.88. The first-order chi connectivity index (χ1) is 9.55. The third kappa shape index (κ3) is 3.81. The summed E-state index contributed by atoms with van der Waals surface area (Å²) in [5.41, 5.74) is 7.39. The molecular formula is C15H24N2O2S. The summed E-state index contributed by atoms with van der Waals surface area (Å²) in [5.74, 6) is 0.626. The van der Waals surface area contributed by atoms with Crippen LogP contribution in [0.5, 0.6) is 0 Å². The molecule has 0 unspecified atom stereocenters. The topological polar surface area (TPSA) is 63.4 Å². The van der Waals surface area contributed by atoms with Gasteiger partial charge in [-0.1, -0.05) is 37.6 Å². The lowest BCUT2D eigenvalue weighted by Crippen LogP contribution is -2.37. The quantitative estimate of drug-likeness (QED) is 0.838. The second-order valence-electron chi connectivity index (χ2n) is 5.53. The summed E-state index contributed by atoms with van der Waals surface area (Å²) in [6.45, 7) is 3.57. The van der Waals surface area contributed by atoms with Crippen LogP contribution in [0.25, 0.3) is 0 Å². The van der Waals surface area contributed by atoms with Gasteiger partial charge in [-0.3, -0.25) is 0 Å². The maximum absolute atomic E-state index is 12.5. The van der Waals surface area contributed by atoms with E-state index in [1.54, 1.807) is 4.31 Å². The van der Waals surface area contributed by atoms with Crippen LogP contribution < -0.4 is 5.73 Å². The zero-order valence-corrected chi connectivity index (χ0v) is 12.9. The predicted molar refractivity (Wildman–Crippen MR) is 81.5 cm³/mol. The summed E-state index contributed by atoms with van der Waals surface area (Å²) in [7, 11) is -3.23. The Morgan fingerprint density at radius 2 is 2.00 bits per heavy atom. The SMILES string of the molecule is CCN(CC1CCC1)S(=O)(=O)Cc1cccc(CN)c1. The van der Waals surface area contributed by atoms with Gasteiger partial charge in [0.25, 0.3) is 0 Å². The number of hydrogen-bond acceptors (Lipinski definition) is 3. The average Bonchev–Trinajstić information content (AvgIpc) is 2.37. The number of hydrogen-bond donors (Lipinski definition) is 1. The standard InChI is InChI=1S/C15H24N2O2S/c1-2-17(11-13-5-3-6-13)20(18,19)12-15-8-4-7-14(9-15)10-16/h4,7-9,13H,2-3,5-6,10-12,16H2,1H3. The van der Waals surface area contributed by atoms with Crippen LogP contribution in [0.3, 0.4) is 0 Å². The molecule has 1 aliphatic rings. The highest BCUT2D eigenvalue weighted by Gasteiger charge is 2.27. The van der Waals surface area contributed by atoms with E-state index in [0.717, 1.165) is 24.0 Å². The lowest BCUT2D eigenvalue weighted by molar-refractivity contribution is 0.250. The summed E-state index contributed by atoms with van der Waals surface area (Å²) in [4.78, 5) is 0. The Morgan fingerprint density at radius 1 is 1.30 bits per heavy atom. The van der Waals surface area contributed by atoms with Crippen molar-refractivity contribution in [2.75, 3.05) is 13.1 Å². The van der Waals surface area contributed by atoms with Gasteiger partial charge in [-0.15, -0.1) is 0 Å². The molecule has 0 saturated heterocycles. The summed E-state index contributed by atoms with van der Waals surface area (Å²) in [6, 6.07) is 7.53. The second kappa shape index (κ2) is 6.70. The van der Waals surface area contributed by atoms with E-state index in [4.69, 9.17) is 5.73 Å². The molecule has 0 spiro atoms. The molecule has 1 aromatic carbocycles. The first-order valence-corrected chi connectivity index (χ1v) is 8.91. The van der Waals surface area contributed by atoms with Gasteiger partial charge in [-0.2, -0.15) is 0 Å². The van der Waals surface area contributed by atoms with Crippen molar-refractivity contribution in [2.24, 2.45) is 11.7 Å². The van der Waals surface area contributed by atoms with Gasteiger partial charge in [0.1, 0.15) is 0 Å². The van der Waals surface area contributed by atoms with E-state index in [0.29, 0.717) is 25.6 Å². The number of benzene rings is 1. The number of rotatable bonds is 7. The number of sulfonamides is 1.